The van der Waals surface area contributed by atoms with Gasteiger partial charge in [-0.2, -0.15) is 0 Å². The number of ether oxygens (including phenoxy) is 4. The van der Waals surface area contributed by atoms with Crippen LogP contribution in [-0.2, 0) is 65.4 Å². The van der Waals surface area contributed by atoms with Crippen LogP contribution >= 0.6 is 15.6 Å². The van der Waals surface area contributed by atoms with Crippen molar-refractivity contribution in [2.75, 3.05) is 39.6 Å². The monoisotopic (exact) mass is 1370 g/mol. The molecular weight excluding hydrogens is 1220 g/mol. The average Bonchev–Trinajstić information content (AvgIpc) is 3.75. The minimum atomic E-state index is -4.95. The summed E-state index contributed by atoms with van der Waals surface area (Å²) in [6.07, 6.45) is 58.4. The molecule has 0 spiro atoms. The van der Waals surface area contributed by atoms with Crippen molar-refractivity contribution in [1.82, 2.24) is 0 Å². The number of hydrogen-bond acceptors (Lipinski definition) is 15. The van der Waals surface area contributed by atoms with Crippen LogP contribution in [0.25, 0.3) is 0 Å². The highest BCUT2D eigenvalue weighted by Crippen LogP contribution is 2.45. The Kier molecular flexibility index (Phi) is 67.1. The number of aliphatic hydroxyl groups is 1. The van der Waals surface area contributed by atoms with E-state index in [1.807, 2.05) is 0 Å². The predicted molar refractivity (Wildman–Crippen MR) is 377 cm³/mol. The normalized spacial score (nSPS) is 13.9. The predicted octanol–water partition coefficient (Wildman–Crippen LogP) is 21.8. The van der Waals surface area contributed by atoms with Gasteiger partial charge >= 0.3 is 39.5 Å². The number of aliphatic hydroxyl groups excluding tert-OH is 1. The van der Waals surface area contributed by atoms with Gasteiger partial charge in [0.2, 0.25) is 0 Å². The largest absolute Gasteiger partial charge is 0.472 e. The maximum atomic E-state index is 13.1. The molecule has 0 rings (SSSR count). The Balaban J connectivity index is 5.13. The molecule has 0 heterocycles. The lowest BCUT2D eigenvalue weighted by molar-refractivity contribution is -0.161. The van der Waals surface area contributed by atoms with E-state index in [1.165, 1.54) is 225 Å². The average molecular weight is 1370 g/mol. The summed E-state index contributed by atoms with van der Waals surface area (Å²) < 4.78 is 68.3. The smallest absolute Gasteiger partial charge is 0.462 e. The van der Waals surface area contributed by atoms with Gasteiger partial charge in [-0.05, 0) is 25.7 Å². The molecule has 0 aromatic rings. The highest BCUT2D eigenvalue weighted by Gasteiger charge is 2.30. The molecule has 3 N–H and O–H groups in total. The topological polar surface area (TPSA) is 237 Å². The maximum Gasteiger partial charge on any atom is 0.472 e. The molecule has 0 aromatic carbocycles. The first-order valence-electron chi connectivity index (χ1n) is 38.8. The van der Waals surface area contributed by atoms with Gasteiger partial charge in [-0.15, -0.1) is 0 Å². The number of unbranched alkanes of at least 4 members (excludes halogenated alkanes) is 49. The Hall–Kier alpha value is -1.94. The summed E-state index contributed by atoms with van der Waals surface area (Å²) in [6, 6.07) is 0. The third-order valence-corrected chi connectivity index (χ3v) is 19.3. The van der Waals surface area contributed by atoms with Crippen LogP contribution in [0.4, 0.5) is 0 Å². The summed E-state index contributed by atoms with van der Waals surface area (Å²) in [5, 5.41) is 10.6. The lowest BCUT2D eigenvalue weighted by Crippen LogP contribution is -2.30. The third-order valence-electron chi connectivity index (χ3n) is 17.4. The Labute approximate surface area is 568 Å². The summed E-state index contributed by atoms with van der Waals surface area (Å²) >= 11 is 0. The van der Waals surface area contributed by atoms with Gasteiger partial charge in [0.25, 0.3) is 0 Å². The second-order valence-corrected chi connectivity index (χ2v) is 29.6. The molecule has 93 heavy (non-hydrogen) atoms. The van der Waals surface area contributed by atoms with Crippen LogP contribution < -0.4 is 0 Å². The molecule has 0 aliphatic heterocycles. The fourth-order valence-electron chi connectivity index (χ4n) is 11.4. The highest BCUT2D eigenvalue weighted by molar-refractivity contribution is 7.47. The van der Waals surface area contributed by atoms with E-state index in [1.54, 1.807) is 0 Å². The van der Waals surface area contributed by atoms with E-state index in [-0.39, 0.29) is 25.7 Å². The molecule has 2 unspecified atom stereocenters. The maximum absolute atomic E-state index is 13.1. The van der Waals surface area contributed by atoms with Gasteiger partial charge in [0.1, 0.15) is 19.3 Å². The molecule has 17 nitrogen and oxygen atoms in total. The number of carbonyl (C=O) groups is 4. The van der Waals surface area contributed by atoms with Gasteiger partial charge in [0, 0.05) is 25.7 Å². The summed E-state index contributed by atoms with van der Waals surface area (Å²) in [5.74, 6) is -2.12. The fourth-order valence-corrected chi connectivity index (χ4v) is 13.0. The molecule has 0 aromatic heterocycles. The molecule has 0 saturated heterocycles. The number of phosphoric acid groups is 2. The Morgan fingerprint density at radius 3 is 0.634 bits per heavy atom. The minimum Gasteiger partial charge on any atom is -0.462 e. The van der Waals surface area contributed by atoms with Crippen LogP contribution in [0.5, 0.6) is 0 Å². The van der Waals surface area contributed by atoms with E-state index >= 15 is 0 Å². The van der Waals surface area contributed by atoms with Crippen LogP contribution in [0.15, 0.2) is 0 Å². The molecule has 0 saturated carbocycles. The molecule has 0 fully saturated rings. The quantitative estimate of drug-likeness (QED) is 0.0222. The van der Waals surface area contributed by atoms with E-state index in [0.29, 0.717) is 25.7 Å². The first kappa shape index (κ1) is 91.1. The van der Waals surface area contributed by atoms with E-state index in [2.05, 4.69) is 27.7 Å². The van der Waals surface area contributed by atoms with Crippen molar-refractivity contribution >= 4 is 39.5 Å². The van der Waals surface area contributed by atoms with E-state index in [4.69, 9.17) is 37.0 Å². The molecule has 0 aliphatic rings. The third kappa shape index (κ3) is 68.4. The van der Waals surface area contributed by atoms with Crippen LogP contribution in [-0.4, -0.2) is 96.7 Å². The first-order valence-corrected chi connectivity index (χ1v) is 41.8. The standard InChI is InChI=1S/C74H144O17P2/c1-5-9-13-17-21-25-27-29-30-31-32-33-34-35-36-37-39-41-45-49-53-57-61-74(79)91-70(65-85-72(77)59-55-51-47-44-40-38-28-26-22-18-14-10-6-2)67-89-93(82,83)87-63-68(75)62-86-92(80,81)88-66-69(90-73(78)60-56-52-48-43-24-20-16-12-8-4)64-84-71(76)58-54-50-46-42-23-19-15-11-7-3/h68-70,75H,5-67H2,1-4H3,(H,80,81)(H,82,83)/t68-,69+,70+/m0/s1. The van der Waals surface area contributed by atoms with E-state index in [0.717, 1.165) is 89.9 Å². The number of carbonyl (C=O) groups excluding carboxylic acids is 4. The van der Waals surface area contributed by atoms with Crippen LogP contribution in [0, 0.1) is 0 Å². The molecule has 0 radical (unpaired) electrons. The molecule has 0 bridgehead atoms. The van der Waals surface area contributed by atoms with Gasteiger partial charge in [-0.1, -0.05) is 342 Å². The van der Waals surface area contributed by atoms with Gasteiger partial charge in [0.15, 0.2) is 12.2 Å². The van der Waals surface area contributed by atoms with E-state index in [9.17, 15) is 43.2 Å². The van der Waals surface area contributed by atoms with Gasteiger partial charge in [0.05, 0.1) is 26.4 Å². The zero-order chi connectivity index (χ0) is 68.2. The van der Waals surface area contributed by atoms with Crippen LogP contribution in [0.2, 0.25) is 0 Å². The molecule has 5 atom stereocenters. The summed E-state index contributed by atoms with van der Waals surface area (Å²) in [6.45, 7) is 4.93. The zero-order valence-corrected chi connectivity index (χ0v) is 62.0. The second kappa shape index (κ2) is 68.6. The van der Waals surface area contributed by atoms with Crippen molar-refractivity contribution in [3.05, 3.63) is 0 Å². The Morgan fingerprint density at radius 1 is 0.258 bits per heavy atom. The summed E-state index contributed by atoms with van der Waals surface area (Å²) in [5.41, 5.74) is 0. The second-order valence-electron chi connectivity index (χ2n) is 26.7. The summed E-state index contributed by atoms with van der Waals surface area (Å²) in [4.78, 5) is 72.5. The molecule has 0 amide bonds. The van der Waals surface area contributed by atoms with Gasteiger partial charge in [-0.3, -0.25) is 37.3 Å². The van der Waals surface area contributed by atoms with Crippen molar-refractivity contribution in [2.45, 2.75) is 412 Å². The minimum absolute atomic E-state index is 0.106. The number of rotatable bonds is 75. The SMILES string of the molecule is CCCCCCCCCCCCCCCCCCCCCCCCC(=O)O[C@H](COC(=O)CCCCCCCCCCCCCCC)COP(=O)(O)OC[C@@H](O)COP(=O)(O)OC[C@@H](COC(=O)CCCCCCCCCCC)OC(=O)CCCCCCCCCCC. The van der Waals surface area contributed by atoms with Crippen molar-refractivity contribution in [3.63, 3.8) is 0 Å². The molecule has 19 heteroatoms. The van der Waals surface area contributed by atoms with Gasteiger partial charge < -0.3 is 33.8 Å². The first-order chi connectivity index (χ1) is 45.2. The van der Waals surface area contributed by atoms with Crippen molar-refractivity contribution in [3.8, 4) is 0 Å². The Morgan fingerprint density at radius 2 is 0.430 bits per heavy atom. The zero-order valence-electron chi connectivity index (χ0n) is 60.2. The van der Waals surface area contributed by atoms with Crippen molar-refractivity contribution in [1.29, 1.82) is 0 Å². The van der Waals surface area contributed by atoms with Gasteiger partial charge in [-0.25, -0.2) is 9.13 Å². The number of hydrogen-bond donors (Lipinski definition) is 3. The molecule has 552 valence electrons. The lowest BCUT2D eigenvalue weighted by atomic mass is 10.0. The van der Waals surface area contributed by atoms with Crippen molar-refractivity contribution < 1.29 is 80.2 Å². The molecular formula is C74H144O17P2. The summed E-state index contributed by atoms with van der Waals surface area (Å²) in [7, 11) is -9.90. The van der Waals surface area contributed by atoms with E-state index < -0.39 is 97.5 Å². The highest BCUT2D eigenvalue weighted by atomic mass is 31.2. The number of phosphoric ester groups is 2. The molecule has 0 aliphatic carbocycles. The van der Waals surface area contributed by atoms with Crippen molar-refractivity contribution in [2.24, 2.45) is 0 Å². The van der Waals surface area contributed by atoms with Crippen LogP contribution in [0.3, 0.4) is 0 Å². The lowest BCUT2D eigenvalue weighted by Gasteiger charge is -2.21. The Bertz CT molecular complexity index is 1770. The fraction of sp³-hybridized carbons (Fsp3) is 0.946. The number of esters is 4. The van der Waals surface area contributed by atoms with Crippen LogP contribution in [0.1, 0.15) is 394 Å².